The van der Waals surface area contributed by atoms with Crippen LogP contribution in [-0.4, -0.2) is 51.3 Å². The lowest BCUT2D eigenvalue weighted by Gasteiger charge is -2.26. The molecule has 0 aromatic heterocycles. The smallest absolute Gasteiger partial charge is 0.0589 e. The molecule has 1 fully saturated rings. The lowest BCUT2D eigenvalue weighted by Crippen LogP contribution is -2.37. The van der Waals surface area contributed by atoms with Crippen molar-refractivity contribution in [2.75, 3.05) is 46.4 Å². The summed E-state index contributed by atoms with van der Waals surface area (Å²) in [6.07, 6.45) is 1.95. The van der Waals surface area contributed by atoms with Crippen LogP contribution >= 0.6 is 0 Å². The summed E-state index contributed by atoms with van der Waals surface area (Å²) in [6, 6.07) is 0. The first-order chi connectivity index (χ1) is 7.27. The zero-order valence-corrected chi connectivity index (χ0v) is 9.88. The Morgan fingerprint density at radius 3 is 2.80 bits per heavy atom. The molecule has 0 amide bonds. The Bertz CT molecular complexity index is 230. The van der Waals surface area contributed by atoms with Gasteiger partial charge in [-0.25, -0.2) is 0 Å². The minimum absolute atomic E-state index is 0.786. The van der Waals surface area contributed by atoms with Gasteiger partial charge in [-0.3, -0.25) is 4.90 Å². The van der Waals surface area contributed by atoms with Gasteiger partial charge in [0.05, 0.1) is 6.61 Å². The average Bonchev–Trinajstić information content (AvgIpc) is 2.11. The number of methoxy groups -OCH3 is 1. The monoisotopic (exact) mass is 210 g/mol. The van der Waals surface area contributed by atoms with E-state index in [0.717, 1.165) is 39.3 Å². The standard InChI is InChI=1S/C12H22N2O/c1-4-5-14(6-7-15-3)10-11(2)12-8-13-9-12/h4,13H,1,5-10H2,2-3H3. The minimum Gasteiger partial charge on any atom is -0.383 e. The number of nitrogens with one attached hydrogen (secondary N) is 1. The fourth-order valence-corrected chi connectivity index (χ4v) is 1.64. The first-order valence-electron chi connectivity index (χ1n) is 5.48. The molecule has 0 saturated carbocycles. The maximum absolute atomic E-state index is 5.10. The molecule has 0 aromatic carbocycles. The molecule has 0 bridgehead atoms. The van der Waals surface area contributed by atoms with E-state index in [2.05, 4.69) is 23.7 Å². The van der Waals surface area contributed by atoms with Crippen molar-refractivity contribution in [2.45, 2.75) is 6.92 Å². The van der Waals surface area contributed by atoms with Crippen LogP contribution in [-0.2, 0) is 4.74 Å². The Morgan fingerprint density at radius 2 is 2.33 bits per heavy atom. The molecule has 1 aliphatic heterocycles. The highest BCUT2D eigenvalue weighted by molar-refractivity contribution is 5.22. The van der Waals surface area contributed by atoms with Gasteiger partial charge in [0.25, 0.3) is 0 Å². The number of ether oxygens (including phenoxy) is 1. The summed E-state index contributed by atoms with van der Waals surface area (Å²) in [5, 5.41) is 3.27. The van der Waals surface area contributed by atoms with Crippen LogP contribution in [0.15, 0.2) is 23.8 Å². The summed E-state index contributed by atoms with van der Waals surface area (Å²) in [5.74, 6) is 0. The van der Waals surface area contributed by atoms with E-state index in [1.165, 1.54) is 5.57 Å². The Hall–Kier alpha value is -0.640. The summed E-state index contributed by atoms with van der Waals surface area (Å²) < 4.78 is 5.10. The number of hydrogen-bond donors (Lipinski definition) is 1. The molecule has 0 aromatic rings. The van der Waals surface area contributed by atoms with Gasteiger partial charge in [0, 0.05) is 39.8 Å². The normalized spacial score (nSPS) is 15.3. The van der Waals surface area contributed by atoms with Crippen molar-refractivity contribution in [3.8, 4) is 0 Å². The highest BCUT2D eigenvalue weighted by atomic mass is 16.5. The van der Waals surface area contributed by atoms with Gasteiger partial charge in [0.15, 0.2) is 0 Å². The fraction of sp³-hybridized carbons (Fsp3) is 0.667. The molecule has 3 nitrogen and oxygen atoms in total. The van der Waals surface area contributed by atoms with E-state index in [0.29, 0.717) is 0 Å². The molecule has 15 heavy (non-hydrogen) atoms. The van der Waals surface area contributed by atoms with E-state index < -0.39 is 0 Å². The van der Waals surface area contributed by atoms with E-state index in [-0.39, 0.29) is 0 Å². The van der Waals surface area contributed by atoms with Gasteiger partial charge < -0.3 is 10.1 Å². The molecular formula is C12H22N2O. The van der Waals surface area contributed by atoms with Crippen molar-refractivity contribution in [3.63, 3.8) is 0 Å². The van der Waals surface area contributed by atoms with E-state index in [1.54, 1.807) is 12.7 Å². The fourth-order valence-electron chi connectivity index (χ4n) is 1.64. The van der Waals surface area contributed by atoms with Gasteiger partial charge >= 0.3 is 0 Å². The second-order valence-corrected chi connectivity index (χ2v) is 4.00. The summed E-state index contributed by atoms with van der Waals surface area (Å²) in [6.45, 7) is 11.9. The Kier molecular flexibility index (Phi) is 5.61. The van der Waals surface area contributed by atoms with Gasteiger partial charge in [-0.1, -0.05) is 11.6 Å². The molecule has 0 radical (unpaired) electrons. The molecule has 3 heteroatoms. The highest BCUT2D eigenvalue weighted by Gasteiger charge is 2.12. The predicted molar refractivity (Wildman–Crippen MR) is 64.1 cm³/mol. The van der Waals surface area contributed by atoms with Crippen molar-refractivity contribution in [1.82, 2.24) is 10.2 Å². The SMILES string of the molecule is C=CCN(CCOC)CC(C)=C1CNC1. The van der Waals surface area contributed by atoms with Crippen LogP contribution in [0.4, 0.5) is 0 Å². The van der Waals surface area contributed by atoms with Crippen LogP contribution in [0.2, 0.25) is 0 Å². The second kappa shape index (κ2) is 6.77. The van der Waals surface area contributed by atoms with Crippen LogP contribution in [0.5, 0.6) is 0 Å². The molecular weight excluding hydrogens is 188 g/mol. The Balaban J connectivity index is 2.38. The minimum atomic E-state index is 0.786. The van der Waals surface area contributed by atoms with Crippen molar-refractivity contribution in [2.24, 2.45) is 0 Å². The lowest BCUT2D eigenvalue weighted by atomic mass is 10.0. The first-order valence-corrected chi connectivity index (χ1v) is 5.48. The zero-order valence-electron chi connectivity index (χ0n) is 9.88. The molecule has 86 valence electrons. The van der Waals surface area contributed by atoms with E-state index >= 15 is 0 Å². The van der Waals surface area contributed by atoms with Crippen LogP contribution in [0, 0.1) is 0 Å². The summed E-state index contributed by atoms with van der Waals surface area (Å²) in [4.78, 5) is 2.36. The summed E-state index contributed by atoms with van der Waals surface area (Å²) in [5.41, 5.74) is 3.05. The van der Waals surface area contributed by atoms with Gasteiger partial charge in [0.1, 0.15) is 0 Å². The van der Waals surface area contributed by atoms with E-state index in [4.69, 9.17) is 4.74 Å². The largest absolute Gasteiger partial charge is 0.383 e. The summed E-state index contributed by atoms with van der Waals surface area (Å²) >= 11 is 0. The highest BCUT2D eigenvalue weighted by Crippen LogP contribution is 2.10. The predicted octanol–water partition coefficient (Wildman–Crippen LogP) is 1.04. The van der Waals surface area contributed by atoms with Crippen molar-refractivity contribution in [3.05, 3.63) is 23.8 Å². The van der Waals surface area contributed by atoms with E-state index in [9.17, 15) is 0 Å². The van der Waals surface area contributed by atoms with Crippen molar-refractivity contribution >= 4 is 0 Å². The number of rotatable bonds is 7. The third kappa shape index (κ3) is 4.16. The quantitative estimate of drug-likeness (QED) is 0.635. The van der Waals surface area contributed by atoms with Crippen LogP contribution in [0.3, 0.4) is 0 Å². The van der Waals surface area contributed by atoms with E-state index in [1.807, 2.05) is 6.08 Å². The molecule has 1 heterocycles. The molecule has 1 aliphatic rings. The van der Waals surface area contributed by atoms with Gasteiger partial charge in [0.2, 0.25) is 0 Å². The van der Waals surface area contributed by atoms with Crippen LogP contribution in [0.25, 0.3) is 0 Å². The molecule has 0 spiro atoms. The average molecular weight is 210 g/mol. The third-order valence-corrected chi connectivity index (χ3v) is 2.74. The molecule has 1 N–H and O–H groups in total. The number of nitrogens with zero attached hydrogens (tertiary/aromatic N) is 1. The maximum Gasteiger partial charge on any atom is 0.0589 e. The lowest BCUT2D eigenvalue weighted by molar-refractivity contribution is 0.159. The van der Waals surface area contributed by atoms with Crippen LogP contribution < -0.4 is 5.32 Å². The first kappa shape index (κ1) is 12.4. The third-order valence-electron chi connectivity index (χ3n) is 2.74. The summed E-state index contributed by atoms with van der Waals surface area (Å²) in [7, 11) is 1.74. The Morgan fingerprint density at radius 1 is 1.60 bits per heavy atom. The molecule has 0 aliphatic carbocycles. The maximum atomic E-state index is 5.10. The topological polar surface area (TPSA) is 24.5 Å². The van der Waals surface area contributed by atoms with Gasteiger partial charge in [-0.2, -0.15) is 0 Å². The van der Waals surface area contributed by atoms with Crippen LogP contribution in [0.1, 0.15) is 6.92 Å². The van der Waals surface area contributed by atoms with Gasteiger partial charge in [-0.15, -0.1) is 6.58 Å². The van der Waals surface area contributed by atoms with Gasteiger partial charge in [-0.05, 0) is 12.5 Å². The number of hydrogen-bond acceptors (Lipinski definition) is 3. The van der Waals surface area contributed by atoms with Crippen molar-refractivity contribution in [1.29, 1.82) is 0 Å². The van der Waals surface area contributed by atoms with Crippen molar-refractivity contribution < 1.29 is 4.74 Å². The molecule has 1 saturated heterocycles. The Labute approximate surface area is 92.8 Å². The molecule has 0 unspecified atom stereocenters. The molecule has 1 rings (SSSR count). The zero-order chi connectivity index (χ0) is 11.1. The molecule has 0 atom stereocenters. The second-order valence-electron chi connectivity index (χ2n) is 4.00.